The molecule has 0 saturated heterocycles. The lowest BCUT2D eigenvalue weighted by atomic mass is 9.74. The Balaban J connectivity index is 1.75. The van der Waals surface area contributed by atoms with Crippen LogP contribution < -0.4 is 10.9 Å². The lowest BCUT2D eigenvalue weighted by Crippen LogP contribution is -2.26. The van der Waals surface area contributed by atoms with E-state index in [1.54, 1.807) is 36.4 Å². The molecule has 6 aromatic rings. The highest BCUT2D eigenvalue weighted by Gasteiger charge is 2.36. The van der Waals surface area contributed by atoms with Crippen molar-refractivity contribution < 1.29 is 30.6 Å². The molecule has 0 unspecified atom stereocenters. The largest absolute Gasteiger partial charge is 0.508 e. The van der Waals surface area contributed by atoms with E-state index in [4.69, 9.17) is 15.7 Å². The first kappa shape index (κ1) is 26.7. The number of fused-ring (bicyclic) bond motifs is 5. The fourth-order valence-electron chi connectivity index (χ4n) is 6.72. The van der Waals surface area contributed by atoms with Gasteiger partial charge in [0.2, 0.25) is 11.5 Å². The second-order valence-corrected chi connectivity index (χ2v) is 11.5. The zero-order valence-electron chi connectivity index (χ0n) is 23.3. The molecule has 0 heterocycles. The summed E-state index contributed by atoms with van der Waals surface area (Å²) in [6, 6.07) is 22.4. The molecule has 0 bridgehead atoms. The van der Waals surface area contributed by atoms with E-state index in [0.717, 1.165) is 22.3 Å². The topological polar surface area (TPSA) is 121 Å². The normalized spacial score (nSPS) is 13.3. The Kier molecular flexibility index (Phi) is 5.51. The smallest absolute Gasteiger partial charge is 0.204 e. The molecule has 0 fully saturated rings. The van der Waals surface area contributed by atoms with E-state index in [9.17, 15) is 30.6 Å². The molecule has 0 spiro atoms. The lowest BCUT2D eigenvalue weighted by molar-refractivity contribution is 0.351. The second-order valence-electron chi connectivity index (χ2n) is 11.5. The van der Waals surface area contributed by atoms with Gasteiger partial charge in [-0.2, -0.15) is 0 Å². The van der Waals surface area contributed by atoms with E-state index in [-0.39, 0.29) is 43.6 Å². The molecule has 0 aromatic heterocycles. The van der Waals surface area contributed by atoms with Gasteiger partial charge in [-0.1, -0.05) is 91.5 Å². The molecular weight excluding hydrogens is 538 g/mol. The molecule has 0 atom stereocenters. The van der Waals surface area contributed by atoms with Crippen molar-refractivity contribution in [1.82, 2.24) is 0 Å². The molecule has 206 valence electrons. The number of benzene rings is 6. The van der Waals surface area contributed by atoms with Crippen LogP contribution in [0.25, 0.3) is 54.9 Å². The van der Waals surface area contributed by atoms with Gasteiger partial charge in [-0.15, -0.1) is 0 Å². The Morgan fingerprint density at radius 3 is 1.51 bits per heavy atom. The molecular formula is C35H24B2O6. The molecule has 7 rings (SSSR count). The van der Waals surface area contributed by atoms with E-state index >= 15 is 0 Å². The van der Waals surface area contributed by atoms with Gasteiger partial charge in [0.15, 0.2) is 11.5 Å². The van der Waals surface area contributed by atoms with Crippen molar-refractivity contribution in [2.75, 3.05) is 0 Å². The van der Waals surface area contributed by atoms with Crippen LogP contribution in [-0.2, 0) is 5.41 Å². The van der Waals surface area contributed by atoms with Gasteiger partial charge in [0.25, 0.3) is 0 Å². The molecule has 1 aliphatic rings. The number of phenolic OH excluding ortho intramolecular Hbond substituents is 6. The van der Waals surface area contributed by atoms with Crippen LogP contribution in [0.5, 0.6) is 34.5 Å². The van der Waals surface area contributed by atoms with Crippen LogP contribution in [0.4, 0.5) is 0 Å². The predicted octanol–water partition coefficient (Wildman–Crippen LogP) is 5.45. The van der Waals surface area contributed by atoms with Crippen molar-refractivity contribution in [3.8, 4) is 67.9 Å². The Hall–Kier alpha value is -5.23. The Morgan fingerprint density at radius 1 is 0.465 bits per heavy atom. The highest BCUT2D eigenvalue weighted by atomic mass is 16.3. The van der Waals surface area contributed by atoms with Gasteiger partial charge in [-0.05, 0) is 39.4 Å². The summed E-state index contributed by atoms with van der Waals surface area (Å²) in [5, 5.41) is 67.3. The van der Waals surface area contributed by atoms with Gasteiger partial charge in [0.05, 0.1) is 0 Å². The number of rotatable bonds is 2. The van der Waals surface area contributed by atoms with Gasteiger partial charge in [-0.3, -0.25) is 0 Å². The van der Waals surface area contributed by atoms with Crippen molar-refractivity contribution in [3.63, 3.8) is 0 Å². The molecule has 8 heteroatoms. The number of aromatic hydroxyl groups is 6. The molecule has 1 aliphatic carbocycles. The quantitative estimate of drug-likeness (QED) is 0.0723. The van der Waals surface area contributed by atoms with Crippen LogP contribution in [-0.4, -0.2) is 46.3 Å². The molecule has 4 radical (unpaired) electrons. The average Bonchev–Trinajstić information content (AvgIpc) is 3.25. The van der Waals surface area contributed by atoms with Gasteiger partial charge in [-0.25, -0.2) is 0 Å². The summed E-state index contributed by atoms with van der Waals surface area (Å²) < 4.78 is 0. The Labute approximate surface area is 249 Å². The van der Waals surface area contributed by atoms with Crippen LogP contribution in [0.15, 0.2) is 72.8 Å². The third-order valence-electron chi connectivity index (χ3n) is 8.86. The minimum Gasteiger partial charge on any atom is -0.508 e. The lowest BCUT2D eigenvalue weighted by Gasteiger charge is -2.25. The molecule has 43 heavy (non-hydrogen) atoms. The monoisotopic (exact) mass is 562 g/mol. The summed E-state index contributed by atoms with van der Waals surface area (Å²) in [6.45, 7) is 4.20. The molecule has 6 N–H and O–H groups in total. The number of hydrogen-bond donors (Lipinski definition) is 6. The summed E-state index contributed by atoms with van der Waals surface area (Å²) in [4.78, 5) is 0. The van der Waals surface area contributed by atoms with E-state index in [0.29, 0.717) is 11.1 Å². The first-order chi connectivity index (χ1) is 20.5. The predicted molar refractivity (Wildman–Crippen MR) is 171 cm³/mol. The highest BCUT2D eigenvalue weighted by Crippen LogP contribution is 2.59. The standard InChI is InChI=1S/C35H24B2O6/c1-35(2)19-11-7-6-10-17(19)18-13-12-16(14-20(18)35)22-24-23(29(38)27(36)28(37)30(24)39)21(15-8-4-3-5-9-15)25-26(22)32(41)34(43)33(42)31(25)40/h3-14,38-43H,1-2H3. The fourth-order valence-corrected chi connectivity index (χ4v) is 6.72. The summed E-state index contributed by atoms with van der Waals surface area (Å²) >= 11 is 0. The van der Waals surface area contributed by atoms with Crippen LogP contribution in [0.3, 0.4) is 0 Å². The van der Waals surface area contributed by atoms with Crippen LogP contribution >= 0.6 is 0 Å². The zero-order valence-corrected chi connectivity index (χ0v) is 23.3. The molecule has 6 aromatic carbocycles. The van der Waals surface area contributed by atoms with Gasteiger partial charge in [0.1, 0.15) is 27.2 Å². The van der Waals surface area contributed by atoms with Gasteiger partial charge in [0, 0.05) is 38.1 Å². The molecule has 0 saturated carbocycles. The number of phenols is 6. The maximum Gasteiger partial charge on any atom is 0.204 e. The van der Waals surface area contributed by atoms with Crippen molar-refractivity contribution in [1.29, 1.82) is 0 Å². The van der Waals surface area contributed by atoms with Gasteiger partial charge >= 0.3 is 0 Å². The third-order valence-corrected chi connectivity index (χ3v) is 8.86. The highest BCUT2D eigenvalue weighted by molar-refractivity contribution is 6.53. The van der Waals surface area contributed by atoms with Crippen LogP contribution in [0.1, 0.15) is 25.0 Å². The van der Waals surface area contributed by atoms with E-state index in [1.165, 1.54) is 0 Å². The zero-order chi connectivity index (χ0) is 30.5. The van der Waals surface area contributed by atoms with E-state index in [1.807, 2.05) is 24.3 Å². The first-order valence-electron chi connectivity index (χ1n) is 13.6. The third kappa shape index (κ3) is 3.37. The summed E-state index contributed by atoms with van der Waals surface area (Å²) in [5.41, 5.74) is 4.54. The molecule has 0 aliphatic heterocycles. The summed E-state index contributed by atoms with van der Waals surface area (Å²) in [7, 11) is 12.4. The Morgan fingerprint density at radius 2 is 0.930 bits per heavy atom. The van der Waals surface area contributed by atoms with Gasteiger partial charge < -0.3 is 30.6 Å². The number of hydrogen-bond acceptors (Lipinski definition) is 6. The Bertz CT molecular complexity index is 2110. The van der Waals surface area contributed by atoms with E-state index in [2.05, 4.69) is 26.0 Å². The molecule has 6 nitrogen and oxygen atoms in total. The minimum atomic E-state index is -0.940. The maximum absolute atomic E-state index is 11.6. The van der Waals surface area contributed by atoms with E-state index < -0.39 is 39.9 Å². The summed E-state index contributed by atoms with van der Waals surface area (Å²) in [5.74, 6) is -4.23. The van der Waals surface area contributed by atoms with Crippen molar-refractivity contribution in [2.24, 2.45) is 0 Å². The fraction of sp³-hybridized carbons (Fsp3) is 0.0857. The first-order valence-corrected chi connectivity index (χ1v) is 13.6. The SMILES string of the molecule is [B]c1c([B])c(O)c2c(-c3ccc4c(c3)C(C)(C)c3ccccc3-4)c3c(O)c(O)c(O)c(O)c3c(-c3ccccc3)c2c1O. The average molecular weight is 562 g/mol. The summed E-state index contributed by atoms with van der Waals surface area (Å²) in [6.07, 6.45) is 0. The van der Waals surface area contributed by atoms with Crippen LogP contribution in [0, 0.1) is 0 Å². The van der Waals surface area contributed by atoms with Crippen molar-refractivity contribution >= 4 is 48.2 Å². The minimum absolute atomic E-state index is 0.0423. The maximum atomic E-state index is 11.6. The van der Waals surface area contributed by atoms with Crippen molar-refractivity contribution in [2.45, 2.75) is 19.3 Å². The second kappa shape index (κ2) is 8.88. The molecule has 0 amide bonds. The van der Waals surface area contributed by atoms with Crippen molar-refractivity contribution in [3.05, 3.63) is 83.9 Å². The van der Waals surface area contributed by atoms with Crippen LogP contribution in [0.2, 0.25) is 0 Å².